The van der Waals surface area contributed by atoms with E-state index < -0.39 is 18.1 Å². The molecule has 0 aromatic heterocycles. The van der Waals surface area contributed by atoms with Crippen LogP contribution in [0.15, 0.2) is 96.7 Å². The summed E-state index contributed by atoms with van der Waals surface area (Å²) in [5.41, 5.74) is 3.40. The van der Waals surface area contributed by atoms with Gasteiger partial charge in [-0.3, -0.25) is 4.79 Å². The SMILES string of the molecule is C=C/C=C(CC[C@@H]1CN[C@H](C)CO1)\C(=C/C)NC(=O)C(NC(=O)OC)C(c1ccccc1)c1ccccc1. The molecule has 1 unspecified atom stereocenters. The van der Waals surface area contributed by atoms with Crippen LogP contribution in [0.25, 0.3) is 0 Å². The van der Waals surface area contributed by atoms with E-state index >= 15 is 0 Å². The normalized spacial score (nSPS) is 18.9. The van der Waals surface area contributed by atoms with E-state index in [0.29, 0.717) is 24.8 Å². The molecule has 2 aromatic carbocycles. The third-order valence-electron chi connectivity index (χ3n) is 6.62. The fourth-order valence-corrected chi connectivity index (χ4v) is 4.62. The van der Waals surface area contributed by atoms with Crippen LogP contribution in [0, 0.1) is 0 Å². The number of alkyl carbamates (subject to hydrolysis) is 1. The van der Waals surface area contributed by atoms with Gasteiger partial charge in [0.2, 0.25) is 5.91 Å². The number of allylic oxidation sites excluding steroid dienone is 4. The molecule has 1 fully saturated rings. The Morgan fingerprint density at radius 1 is 1.13 bits per heavy atom. The summed E-state index contributed by atoms with van der Waals surface area (Å²) in [5, 5.41) is 9.30. The summed E-state index contributed by atoms with van der Waals surface area (Å²) in [6.07, 6.45) is 6.40. The summed E-state index contributed by atoms with van der Waals surface area (Å²) >= 11 is 0. The van der Waals surface area contributed by atoms with E-state index in [4.69, 9.17) is 9.47 Å². The molecule has 7 nitrogen and oxygen atoms in total. The van der Waals surface area contributed by atoms with Gasteiger partial charge < -0.3 is 25.4 Å². The van der Waals surface area contributed by atoms with Gasteiger partial charge in [0.25, 0.3) is 0 Å². The number of carbonyl (C=O) groups is 2. The topological polar surface area (TPSA) is 88.7 Å². The highest BCUT2D eigenvalue weighted by molar-refractivity contribution is 5.89. The van der Waals surface area contributed by atoms with Gasteiger partial charge in [0, 0.05) is 24.2 Å². The number of nitrogens with one attached hydrogen (secondary N) is 3. The third-order valence-corrected chi connectivity index (χ3v) is 6.62. The van der Waals surface area contributed by atoms with Crippen LogP contribution >= 0.6 is 0 Å². The first-order valence-corrected chi connectivity index (χ1v) is 13.0. The van der Waals surface area contributed by atoms with Gasteiger partial charge >= 0.3 is 6.09 Å². The maximum absolute atomic E-state index is 13.9. The number of methoxy groups -OCH3 is 1. The number of morpholine rings is 1. The minimum atomic E-state index is -0.931. The summed E-state index contributed by atoms with van der Waals surface area (Å²) in [4.78, 5) is 26.3. The van der Waals surface area contributed by atoms with Crippen molar-refractivity contribution in [3.8, 4) is 0 Å². The minimum absolute atomic E-state index is 0.0995. The lowest BCUT2D eigenvalue weighted by atomic mass is 9.84. The highest BCUT2D eigenvalue weighted by Gasteiger charge is 2.33. The van der Waals surface area contributed by atoms with E-state index in [1.165, 1.54) is 7.11 Å². The maximum Gasteiger partial charge on any atom is 0.407 e. The van der Waals surface area contributed by atoms with Crippen molar-refractivity contribution >= 4 is 12.0 Å². The molecule has 38 heavy (non-hydrogen) atoms. The Labute approximate surface area is 226 Å². The number of carbonyl (C=O) groups excluding carboxylic acids is 2. The van der Waals surface area contributed by atoms with Gasteiger partial charge in [-0.25, -0.2) is 4.79 Å². The molecule has 0 bridgehead atoms. The van der Waals surface area contributed by atoms with Gasteiger partial charge in [0.15, 0.2) is 0 Å². The zero-order valence-electron chi connectivity index (χ0n) is 22.5. The van der Waals surface area contributed by atoms with Crippen LogP contribution in [0.3, 0.4) is 0 Å². The van der Waals surface area contributed by atoms with Crippen LogP contribution in [0.5, 0.6) is 0 Å². The number of benzene rings is 2. The lowest BCUT2D eigenvalue weighted by molar-refractivity contribution is -0.122. The largest absolute Gasteiger partial charge is 0.453 e. The minimum Gasteiger partial charge on any atom is -0.453 e. The monoisotopic (exact) mass is 517 g/mol. The zero-order chi connectivity index (χ0) is 27.3. The van der Waals surface area contributed by atoms with Crippen LogP contribution < -0.4 is 16.0 Å². The van der Waals surface area contributed by atoms with Crippen molar-refractivity contribution in [3.05, 3.63) is 108 Å². The fraction of sp³-hybridized carbons (Fsp3) is 0.355. The number of ether oxygens (including phenoxy) is 2. The highest BCUT2D eigenvalue weighted by atomic mass is 16.5. The van der Waals surface area contributed by atoms with Crippen molar-refractivity contribution < 1.29 is 19.1 Å². The molecule has 0 spiro atoms. The second kappa shape index (κ2) is 14.9. The standard InChI is InChI=1S/C31H39N3O4/c1-5-13-23(18-19-26-20-32-22(3)21-38-26)27(6-2)33-30(35)29(34-31(36)37-4)28(24-14-9-7-10-15-24)25-16-11-8-12-17-25/h5-17,22,26,28-29,32H,1,18-21H2,2-4H3,(H,33,35)(H,34,36)/b23-13-,27-6+/t22-,26-,29?/m1/s1. The summed E-state index contributed by atoms with van der Waals surface area (Å²) in [6.45, 7) is 9.31. The second-order valence-corrected chi connectivity index (χ2v) is 9.34. The molecule has 0 radical (unpaired) electrons. The van der Waals surface area contributed by atoms with Gasteiger partial charge in [-0.05, 0) is 43.4 Å². The molecular weight excluding hydrogens is 478 g/mol. The average Bonchev–Trinajstić information content (AvgIpc) is 2.95. The summed E-state index contributed by atoms with van der Waals surface area (Å²) in [6, 6.07) is 18.8. The van der Waals surface area contributed by atoms with Crippen molar-refractivity contribution in [1.29, 1.82) is 0 Å². The van der Waals surface area contributed by atoms with Crippen LogP contribution in [0.1, 0.15) is 43.7 Å². The van der Waals surface area contributed by atoms with E-state index in [1.54, 1.807) is 6.08 Å². The average molecular weight is 518 g/mol. The van der Waals surface area contributed by atoms with E-state index in [0.717, 1.165) is 29.7 Å². The molecule has 1 saturated heterocycles. The van der Waals surface area contributed by atoms with E-state index in [2.05, 4.69) is 29.5 Å². The number of hydrogen-bond acceptors (Lipinski definition) is 5. The summed E-state index contributed by atoms with van der Waals surface area (Å²) < 4.78 is 10.8. The molecule has 1 heterocycles. The quantitative estimate of drug-likeness (QED) is 0.372. The molecule has 3 atom stereocenters. The zero-order valence-corrected chi connectivity index (χ0v) is 22.5. The molecule has 0 aliphatic carbocycles. The summed E-state index contributed by atoms with van der Waals surface area (Å²) in [5.74, 6) is -0.786. The van der Waals surface area contributed by atoms with Gasteiger partial charge in [-0.15, -0.1) is 0 Å². The van der Waals surface area contributed by atoms with Crippen molar-refractivity contribution in [2.45, 2.75) is 50.8 Å². The molecule has 202 valence electrons. The first-order chi connectivity index (χ1) is 18.5. The maximum atomic E-state index is 13.9. The van der Waals surface area contributed by atoms with Crippen LogP contribution in [-0.4, -0.2) is 50.4 Å². The lowest BCUT2D eigenvalue weighted by Crippen LogP contribution is -2.50. The van der Waals surface area contributed by atoms with E-state index in [9.17, 15) is 9.59 Å². The van der Waals surface area contributed by atoms with Gasteiger partial charge in [-0.2, -0.15) is 0 Å². The first kappa shape index (κ1) is 28.9. The van der Waals surface area contributed by atoms with Crippen molar-refractivity contribution in [1.82, 2.24) is 16.0 Å². The predicted octanol–water partition coefficient (Wildman–Crippen LogP) is 4.83. The number of rotatable bonds is 11. The Morgan fingerprint density at radius 3 is 2.26 bits per heavy atom. The van der Waals surface area contributed by atoms with Gasteiger partial charge in [-0.1, -0.05) is 85.5 Å². The van der Waals surface area contributed by atoms with E-state index in [1.807, 2.05) is 79.7 Å². The highest BCUT2D eigenvalue weighted by Crippen LogP contribution is 2.29. The molecule has 0 saturated carbocycles. The Bertz CT molecular complexity index is 1070. The smallest absolute Gasteiger partial charge is 0.407 e. The Morgan fingerprint density at radius 2 is 1.76 bits per heavy atom. The van der Waals surface area contributed by atoms with Crippen molar-refractivity contribution in [2.75, 3.05) is 20.3 Å². The Kier molecular flexibility index (Phi) is 11.3. The second-order valence-electron chi connectivity index (χ2n) is 9.34. The molecule has 1 aliphatic heterocycles. The molecule has 3 rings (SSSR count). The first-order valence-electron chi connectivity index (χ1n) is 13.0. The van der Waals surface area contributed by atoms with Crippen LogP contribution in [0.2, 0.25) is 0 Å². The van der Waals surface area contributed by atoms with Crippen LogP contribution in [0.4, 0.5) is 4.79 Å². The van der Waals surface area contributed by atoms with Gasteiger partial charge in [0.1, 0.15) is 6.04 Å². The molecular formula is C31H39N3O4. The van der Waals surface area contributed by atoms with Gasteiger partial charge in [0.05, 0.1) is 19.8 Å². The lowest BCUT2D eigenvalue weighted by Gasteiger charge is -2.29. The molecule has 1 aliphatic rings. The molecule has 3 N–H and O–H groups in total. The molecule has 7 heteroatoms. The fourth-order valence-electron chi connectivity index (χ4n) is 4.62. The molecule has 2 amide bonds. The number of amides is 2. The number of hydrogen-bond donors (Lipinski definition) is 3. The van der Waals surface area contributed by atoms with Crippen LogP contribution in [-0.2, 0) is 14.3 Å². The Balaban J connectivity index is 1.87. The third kappa shape index (κ3) is 8.16. The van der Waals surface area contributed by atoms with Crippen molar-refractivity contribution in [3.63, 3.8) is 0 Å². The van der Waals surface area contributed by atoms with Crippen molar-refractivity contribution in [2.24, 2.45) is 0 Å². The summed E-state index contributed by atoms with van der Waals surface area (Å²) in [7, 11) is 1.29. The predicted molar refractivity (Wildman–Crippen MR) is 151 cm³/mol. The van der Waals surface area contributed by atoms with E-state index in [-0.39, 0.29) is 12.0 Å². The molecule has 2 aromatic rings. The Hall–Kier alpha value is -3.68.